The molecule has 3 rings (SSSR count). The van der Waals surface area contributed by atoms with Crippen molar-refractivity contribution in [3.63, 3.8) is 0 Å². The fourth-order valence-corrected chi connectivity index (χ4v) is 2.51. The fourth-order valence-electron chi connectivity index (χ4n) is 2.51. The smallest absolute Gasteiger partial charge is 0.271 e. The van der Waals surface area contributed by atoms with Crippen LogP contribution in [-0.2, 0) is 6.54 Å². The lowest BCUT2D eigenvalue weighted by atomic mass is 10.2. The van der Waals surface area contributed by atoms with Gasteiger partial charge < -0.3 is 9.88 Å². The zero-order valence-corrected chi connectivity index (χ0v) is 12.7. The molecule has 3 nitrogen and oxygen atoms in total. The Morgan fingerprint density at radius 1 is 1.08 bits per heavy atom. The summed E-state index contributed by atoms with van der Waals surface area (Å²) in [6.07, 6.45) is 5.35. The average Bonchev–Trinajstić information content (AvgIpc) is 2.98. The van der Waals surface area contributed by atoms with Crippen LogP contribution in [0, 0.1) is 24.0 Å². The van der Waals surface area contributed by atoms with Crippen molar-refractivity contribution in [2.24, 2.45) is 0 Å². The number of carbonyl (C=O) groups is 1. The van der Waals surface area contributed by atoms with E-state index in [1.54, 1.807) is 24.3 Å². The van der Waals surface area contributed by atoms with Gasteiger partial charge in [-0.15, -0.1) is 6.42 Å². The lowest BCUT2D eigenvalue weighted by Crippen LogP contribution is -2.31. The van der Waals surface area contributed by atoms with Crippen LogP contribution >= 0.6 is 0 Å². The first-order valence-electron chi connectivity index (χ1n) is 7.32. The molecule has 0 aliphatic rings. The maximum atomic E-state index is 13.3. The van der Waals surface area contributed by atoms with Gasteiger partial charge in [-0.2, -0.15) is 0 Å². The molecule has 0 spiro atoms. The summed E-state index contributed by atoms with van der Waals surface area (Å²) in [6.45, 7) is 0.368. The SMILES string of the molecule is C#CCN(Cc1ccc(F)cc1)C(=O)c1cc2cc(F)ccc2[nH]1. The van der Waals surface area contributed by atoms with Gasteiger partial charge in [0.25, 0.3) is 5.91 Å². The third-order valence-electron chi connectivity index (χ3n) is 3.67. The highest BCUT2D eigenvalue weighted by molar-refractivity contribution is 5.98. The van der Waals surface area contributed by atoms with Gasteiger partial charge in [-0.05, 0) is 42.0 Å². The van der Waals surface area contributed by atoms with Crippen molar-refractivity contribution in [3.05, 3.63) is 71.4 Å². The number of H-pyrrole nitrogens is 1. The second kappa shape index (κ2) is 6.55. The first-order chi connectivity index (χ1) is 11.6. The van der Waals surface area contributed by atoms with Crippen LogP contribution in [0.4, 0.5) is 8.78 Å². The van der Waals surface area contributed by atoms with Crippen LogP contribution < -0.4 is 0 Å². The number of rotatable bonds is 4. The summed E-state index contributed by atoms with van der Waals surface area (Å²) in [5.41, 5.74) is 1.76. The van der Waals surface area contributed by atoms with Gasteiger partial charge in [-0.25, -0.2) is 8.78 Å². The minimum absolute atomic E-state index is 0.111. The van der Waals surface area contributed by atoms with Gasteiger partial charge >= 0.3 is 0 Å². The molecule has 0 bridgehead atoms. The average molecular weight is 324 g/mol. The number of aromatic nitrogens is 1. The molecule has 1 amide bonds. The Morgan fingerprint density at radius 2 is 1.79 bits per heavy atom. The maximum Gasteiger partial charge on any atom is 0.271 e. The Morgan fingerprint density at radius 3 is 2.50 bits per heavy atom. The van der Waals surface area contributed by atoms with Crippen molar-refractivity contribution in [2.45, 2.75) is 6.54 Å². The minimum Gasteiger partial charge on any atom is -0.351 e. The third-order valence-corrected chi connectivity index (χ3v) is 3.67. The summed E-state index contributed by atoms with van der Waals surface area (Å²) in [5, 5.41) is 0.612. The van der Waals surface area contributed by atoms with E-state index in [4.69, 9.17) is 6.42 Å². The van der Waals surface area contributed by atoms with Crippen molar-refractivity contribution >= 4 is 16.8 Å². The molecule has 1 N–H and O–H groups in total. The number of terminal acetylenes is 1. The molecule has 0 unspecified atom stereocenters. The molecule has 0 saturated heterocycles. The molecule has 0 fully saturated rings. The number of hydrogen-bond acceptors (Lipinski definition) is 1. The topological polar surface area (TPSA) is 36.1 Å². The molecule has 0 aliphatic heterocycles. The fraction of sp³-hybridized carbons (Fsp3) is 0.105. The van der Waals surface area contributed by atoms with E-state index in [1.165, 1.54) is 29.2 Å². The highest BCUT2D eigenvalue weighted by atomic mass is 19.1. The number of benzene rings is 2. The largest absolute Gasteiger partial charge is 0.351 e. The Bertz CT molecular complexity index is 923. The Labute approximate surface area is 137 Å². The van der Waals surface area contributed by atoms with E-state index in [9.17, 15) is 13.6 Å². The van der Waals surface area contributed by atoms with Crippen LogP contribution in [0.15, 0.2) is 48.5 Å². The molecule has 0 saturated carbocycles. The molecule has 0 atom stereocenters. The Balaban J connectivity index is 1.87. The molecule has 0 radical (unpaired) electrons. The Kier molecular flexibility index (Phi) is 4.30. The zero-order valence-electron chi connectivity index (χ0n) is 12.7. The molecule has 0 aliphatic carbocycles. The molecule has 24 heavy (non-hydrogen) atoms. The van der Waals surface area contributed by atoms with E-state index in [1.807, 2.05) is 0 Å². The van der Waals surface area contributed by atoms with E-state index in [0.717, 1.165) is 5.56 Å². The summed E-state index contributed by atoms with van der Waals surface area (Å²) >= 11 is 0. The van der Waals surface area contributed by atoms with Crippen molar-refractivity contribution in [1.29, 1.82) is 0 Å². The van der Waals surface area contributed by atoms with E-state index >= 15 is 0 Å². The maximum absolute atomic E-state index is 13.3. The zero-order chi connectivity index (χ0) is 17.1. The van der Waals surface area contributed by atoms with Crippen LogP contribution in [0.1, 0.15) is 16.1 Å². The van der Waals surface area contributed by atoms with E-state index in [0.29, 0.717) is 16.6 Å². The van der Waals surface area contributed by atoms with Crippen molar-refractivity contribution in [1.82, 2.24) is 9.88 Å². The molecule has 1 heterocycles. The van der Waals surface area contributed by atoms with Crippen LogP contribution in [-0.4, -0.2) is 22.3 Å². The number of nitrogens with zero attached hydrogens (tertiary/aromatic N) is 1. The summed E-state index contributed by atoms with van der Waals surface area (Å²) in [6, 6.07) is 11.7. The molecule has 120 valence electrons. The second-order valence-electron chi connectivity index (χ2n) is 5.41. The molecule has 5 heteroatoms. The van der Waals surface area contributed by atoms with Gasteiger partial charge in [-0.1, -0.05) is 18.1 Å². The Hall–Kier alpha value is -3.13. The van der Waals surface area contributed by atoms with Crippen LogP contribution in [0.3, 0.4) is 0 Å². The lowest BCUT2D eigenvalue weighted by molar-refractivity contribution is 0.0761. The van der Waals surface area contributed by atoms with Gasteiger partial charge in [0.2, 0.25) is 0 Å². The number of nitrogens with one attached hydrogen (secondary N) is 1. The molecular formula is C19H14F2N2O. The summed E-state index contributed by atoms with van der Waals surface area (Å²) in [4.78, 5) is 17.1. The van der Waals surface area contributed by atoms with E-state index in [-0.39, 0.29) is 30.6 Å². The van der Waals surface area contributed by atoms with Gasteiger partial charge in [0.15, 0.2) is 0 Å². The number of aromatic amines is 1. The van der Waals surface area contributed by atoms with E-state index < -0.39 is 0 Å². The lowest BCUT2D eigenvalue weighted by Gasteiger charge is -2.19. The first kappa shape index (κ1) is 15.8. The first-order valence-corrected chi connectivity index (χ1v) is 7.32. The minimum atomic E-state index is -0.368. The van der Waals surface area contributed by atoms with Gasteiger partial charge in [0, 0.05) is 17.4 Å². The quantitative estimate of drug-likeness (QED) is 0.730. The standard InChI is InChI=1S/C19H14F2N2O/c1-2-9-23(12-13-3-5-15(20)6-4-13)19(24)18-11-14-10-16(21)7-8-17(14)22-18/h1,3-8,10-11,22H,9,12H2. The van der Waals surface area contributed by atoms with Crippen molar-refractivity contribution in [3.8, 4) is 12.3 Å². The second-order valence-corrected chi connectivity index (χ2v) is 5.41. The highest BCUT2D eigenvalue weighted by Gasteiger charge is 2.18. The van der Waals surface area contributed by atoms with Gasteiger partial charge in [-0.3, -0.25) is 4.79 Å². The molecular weight excluding hydrogens is 310 g/mol. The van der Waals surface area contributed by atoms with Gasteiger partial charge in [0.1, 0.15) is 17.3 Å². The van der Waals surface area contributed by atoms with Crippen LogP contribution in [0.25, 0.3) is 10.9 Å². The third kappa shape index (κ3) is 3.28. The van der Waals surface area contributed by atoms with Gasteiger partial charge in [0.05, 0.1) is 6.54 Å². The number of hydrogen-bond donors (Lipinski definition) is 1. The molecule has 1 aromatic heterocycles. The predicted octanol–water partition coefficient (Wildman–Crippen LogP) is 3.72. The number of amides is 1. The highest BCUT2D eigenvalue weighted by Crippen LogP contribution is 2.18. The van der Waals surface area contributed by atoms with Crippen molar-refractivity contribution < 1.29 is 13.6 Å². The van der Waals surface area contributed by atoms with Crippen LogP contribution in [0.2, 0.25) is 0 Å². The number of carbonyl (C=O) groups excluding carboxylic acids is 1. The number of fused-ring (bicyclic) bond motifs is 1. The normalized spacial score (nSPS) is 10.5. The summed E-state index contributed by atoms with van der Waals surface area (Å²) in [7, 11) is 0. The molecule has 2 aromatic carbocycles. The summed E-state index contributed by atoms with van der Waals surface area (Å²) < 4.78 is 26.3. The van der Waals surface area contributed by atoms with Crippen LogP contribution in [0.5, 0.6) is 0 Å². The van der Waals surface area contributed by atoms with E-state index in [2.05, 4.69) is 10.9 Å². The monoisotopic (exact) mass is 324 g/mol. The predicted molar refractivity (Wildman–Crippen MR) is 88.2 cm³/mol. The summed E-state index contributed by atoms with van der Waals surface area (Å²) in [5.74, 6) is 1.44. The molecule has 3 aromatic rings. The van der Waals surface area contributed by atoms with Crippen molar-refractivity contribution in [2.75, 3.05) is 6.54 Å². The number of halogens is 2.